The number of aryl methyl sites for hydroxylation is 1. The summed E-state index contributed by atoms with van der Waals surface area (Å²) in [5, 5.41) is 16.1. The minimum Gasteiger partial charge on any atom is -0.481 e. The number of piperidine rings is 1. The quantitative estimate of drug-likeness (QED) is 0.880. The fraction of sp³-hybridized carbons (Fsp3) is 0.643. The number of urea groups is 1. The van der Waals surface area contributed by atoms with Gasteiger partial charge in [-0.05, 0) is 26.7 Å². The molecule has 1 aliphatic heterocycles. The van der Waals surface area contributed by atoms with E-state index in [2.05, 4.69) is 10.4 Å². The van der Waals surface area contributed by atoms with Crippen LogP contribution in [-0.4, -0.2) is 44.9 Å². The number of aromatic nitrogens is 2. The van der Waals surface area contributed by atoms with Crippen LogP contribution in [0, 0.1) is 5.92 Å². The minimum atomic E-state index is -0.829. The molecule has 1 aliphatic rings. The lowest BCUT2D eigenvalue weighted by molar-refractivity contribution is -0.143. The largest absolute Gasteiger partial charge is 0.481 e. The third-order valence-electron chi connectivity index (χ3n) is 3.88. The normalized spacial score (nSPS) is 20.1. The molecule has 1 aromatic rings. The van der Waals surface area contributed by atoms with E-state index in [1.807, 2.05) is 20.0 Å². The summed E-state index contributed by atoms with van der Waals surface area (Å²) in [7, 11) is 0. The summed E-state index contributed by atoms with van der Waals surface area (Å²) in [6.45, 7) is 5.57. The molecule has 2 N–H and O–H groups in total. The lowest BCUT2D eigenvalue weighted by Crippen LogP contribution is -2.47. The van der Waals surface area contributed by atoms with Gasteiger partial charge in [0.2, 0.25) is 0 Å². The van der Waals surface area contributed by atoms with Gasteiger partial charge in [0, 0.05) is 31.4 Å². The monoisotopic (exact) mass is 294 g/mol. The number of aliphatic carboxylic acids is 1. The first kappa shape index (κ1) is 15.3. The van der Waals surface area contributed by atoms with Gasteiger partial charge in [-0.3, -0.25) is 9.48 Å². The van der Waals surface area contributed by atoms with Crippen LogP contribution in [0.4, 0.5) is 4.79 Å². The van der Waals surface area contributed by atoms with Crippen molar-refractivity contribution < 1.29 is 14.7 Å². The van der Waals surface area contributed by atoms with Gasteiger partial charge in [0.15, 0.2) is 0 Å². The molecule has 2 rings (SSSR count). The second-order valence-corrected chi connectivity index (χ2v) is 5.42. The zero-order valence-corrected chi connectivity index (χ0v) is 12.5. The standard InChI is InChI=1S/C14H22N4O3/c1-3-18-9-12(7-15-18)10(2)16-14(21)17-6-4-5-11(8-17)13(19)20/h7,9-11H,3-6,8H2,1-2H3,(H,16,21)(H,19,20). The summed E-state index contributed by atoms with van der Waals surface area (Å²) in [4.78, 5) is 24.8. The second kappa shape index (κ2) is 6.60. The van der Waals surface area contributed by atoms with Crippen LogP contribution in [0.2, 0.25) is 0 Å². The van der Waals surface area contributed by atoms with Crippen LogP contribution in [0.3, 0.4) is 0 Å². The molecule has 1 fully saturated rings. The number of rotatable bonds is 4. The number of nitrogens with zero attached hydrogens (tertiary/aromatic N) is 3. The zero-order chi connectivity index (χ0) is 15.4. The SMILES string of the molecule is CCn1cc(C(C)NC(=O)N2CCCC(C(=O)O)C2)cn1. The van der Waals surface area contributed by atoms with Crippen LogP contribution in [0.25, 0.3) is 0 Å². The van der Waals surface area contributed by atoms with E-state index >= 15 is 0 Å². The number of likely N-dealkylation sites (tertiary alicyclic amines) is 1. The lowest BCUT2D eigenvalue weighted by atomic mass is 9.99. The molecule has 7 heteroatoms. The van der Waals surface area contributed by atoms with Gasteiger partial charge in [-0.1, -0.05) is 0 Å². The Bertz CT molecular complexity index is 514. The predicted octanol–water partition coefficient (Wildman–Crippen LogP) is 1.47. The van der Waals surface area contributed by atoms with E-state index in [1.54, 1.807) is 15.8 Å². The van der Waals surface area contributed by atoms with Gasteiger partial charge in [-0.2, -0.15) is 5.10 Å². The maximum absolute atomic E-state index is 12.2. The van der Waals surface area contributed by atoms with Crippen molar-refractivity contribution in [2.75, 3.05) is 13.1 Å². The summed E-state index contributed by atoms with van der Waals surface area (Å²) in [5.74, 6) is -1.28. The van der Waals surface area contributed by atoms with E-state index in [1.165, 1.54) is 0 Å². The van der Waals surface area contributed by atoms with Crippen molar-refractivity contribution in [3.05, 3.63) is 18.0 Å². The molecular weight excluding hydrogens is 272 g/mol. The fourth-order valence-electron chi connectivity index (χ4n) is 2.50. The lowest BCUT2D eigenvalue weighted by Gasteiger charge is -2.31. The molecule has 0 aromatic carbocycles. The highest BCUT2D eigenvalue weighted by molar-refractivity contribution is 5.76. The number of hydrogen-bond donors (Lipinski definition) is 2. The van der Waals surface area contributed by atoms with Gasteiger partial charge in [-0.15, -0.1) is 0 Å². The predicted molar refractivity (Wildman–Crippen MR) is 76.8 cm³/mol. The maximum Gasteiger partial charge on any atom is 0.317 e. The van der Waals surface area contributed by atoms with Crippen molar-refractivity contribution in [3.63, 3.8) is 0 Å². The molecule has 2 amide bonds. The number of nitrogens with one attached hydrogen (secondary N) is 1. The first-order valence-electron chi connectivity index (χ1n) is 7.31. The number of amides is 2. The van der Waals surface area contributed by atoms with E-state index in [0.717, 1.165) is 18.5 Å². The number of hydrogen-bond acceptors (Lipinski definition) is 3. The van der Waals surface area contributed by atoms with Crippen molar-refractivity contribution in [1.82, 2.24) is 20.0 Å². The average Bonchev–Trinajstić information content (AvgIpc) is 2.96. The van der Waals surface area contributed by atoms with Gasteiger partial charge in [0.05, 0.1) is 18.2 Å². The van der Waals surface area contributed by atoms with E-state index in [-0.39, 0.29) is 18.6 Å². The summed E-state index contributed by atoms with van der Waals surface area (Å²) in [6, 6.07) is -0.360. The van der Waals surface area contributed by atoms with E-state index < -0.39 is 11.9 Å². The van der Waals surface area contributed by atoms with E-state index in [0.29, 0.717) is 13.0 Å². The molecule has 2 unspecified atom stereocenters. The third-order valence-corrected chi connectivity index (χ3v) is 3.88. The number of carbonyl (C=O) groups excluding carboxylic acids is 1. The van der Waals surface area contributed by atoms with E-state index in [9.17, 15) is 9.59 Å². The highest BCUT2D eigenvalue weighted by atomic mass is 16.4. The molecule has 116 valence electrons. The van der Waals surface area contributed by atoms with Gasteiger partial charge >= 0.3 is 12.0 Å². The molecule has 0 saturated carbocycles. The Hall–Kier alpha value is -2.05. The highest BCUT2D eigenvalue weighted by Crippen LogP contribution is 2.18. The number of carbonyl (C=O) groups is 2. The van der Waals surface area contributed by atoms with Crippen LogP contribution in [0.1, 0.15) is 38.3 Å². The Morgan fingerprint density at radius 1 is 1.57 bits per heavy atom. The minimum absolute atomic E-state index is 0.150. The van der Waals surface area contributed by atoms with Crippen molar-refractivity contribution in [1.29, 1.82) is 0 Å². The van der Waals surface area contributed by atoms with E-state index in [4.69, 9.17) is 5.11 Å². The molecule has 1 saturated heterocycles. The third kappa shape index (κ3) is 3.74. The molecular formula is C14H22N4O3. The molecule has 0 aliphatic carbocycles. The average molecular weight is 294 g/mol. The van der Waals surface area contributed by atoms with Crippen LogP contribution in [0.15, 0.2) is 12.4 Å². The summed E-state index contributed by atoms with van der Waals surface area (Å²) in [6.07, 6.45) is 5.01. The van der Waals surface area contributed by atoms with Gasteiger partial charge in [0.25, 0.3) is 0 Å². The summed E-state index contributed by atoms with van der Waals surface area (Å²) in [5.41, 5.74) is 0.942. The maximum atomic E-state index is 12.2. The van der Waals surface area contributed by atoms with Crippen molar-refractivity contribution in [2.24, 2.45) is 5.92 Å². The molecule has 7 nitrogen and oxygen atoms in total. The van der Waals surface area contributed by atoms with Gasteiger partial charge in [0.1, 0.15) is 0 Å². The van der Waals surface area contributed by atoms with Crippen molar-refractivity contribution in [3.8, 4) is 0 Å². The Morgan fingerprint density at radius 3 is 2.95 bits per heavy atom. The molecule has 1 aromatic heterocycles. The van der Waals surface area contributed by atoms with Crippen LogP contribution in [0.5, 0.6) is 0 Å². The molecule has 0 radical (unpaired) electrons. The number of carboxylic acid groups (broad SMARTS) is 1. The topological polar surface area (TPSA) is 87.5 Å². The number of carboxylic acids is 1. The highest BCUT2D eigenvalue weighted by Gasteiger charge is 2.28. The molecule has 0 bridgehead atoms. The smallest absolute Gasteiger partial charge is 0.317 e. The van der Waals surface area contributed by atoms with Gasteiger partial charge < -0.3 is 15.3 Å². The summed E-state index contributed by atoms with van der Waals surface area (Å²) >= 11 is 0. The van der Waals surface area contributed by atoms with Gasteiger partial charge in [-0.25, -0.2) is 4.79 Å². The van der Waals surface area contributed by atoms with Crippen molar-refractivity contribution in [2.45, 2.75) is 39.3 Å². The first-order valence-corrected chi connectivity index (χ1v) is 7.31. The fourth-order valence-corrected chi connectivity index (χ4v) is 2.50. The van der Waals surface area contributed by atoms with Crippen molar-refractivity contribution >= 4 is 12.0 Å². The Balaban J connectivity index is 1.92. The summed E-state index contributed by atoms with van der Waals surface area (Å²) < 4.78 is 1.80. The molecule has 21 heavy (non-hydrogen) atoms. The molecule has 2 atom stereocenters. The first-order chi connectivity index (χ1) is 10.0. The van der Waals surface area contributed by atoms with Crippen LogP contribution >= 0.6 is 0 Å². The Morgan fingerprint density at radius 2 is 2.33 bits per heavy atom. The van der Waals surface area contributed by atoms with Crippen LogP contribution in [-0.2, 0) is 11.3 Å². The molecule has 0 spiro atoms. The van der Waals surface area contributed by atoms with Crippen LogP contribution < -0.4 is 5.32 Å². The zero-order valence-electron chi connectivity index (χ0n) is 12.5. The molecule has 2 heterocycles. The Kier molecular flexibility index (Phi) is 4.82. The Labute approximate surface area is 123 Å². The second-order valence-electron chi connectivity index (χ2n) is 5.42.